The van der Waals surface area contributed by atoms with Crippen LogP contribution in [0.3, 0.4) is 0 Å². The second kappa shape index (κ2) is 13.3. The Morgan fingerprint density at radius 1 is 0.875 bits per heavy atom. The fourth-order valence-electron chi connectivity index (χ4n) is 4.26. The molecule has 0 aliphatic rings. The van der Waals surface area contributed by atoms with Gasteiger partial charge in [-0.25, -0.2) is 8.42 Å². The maximum atomic E-state index is 14.0. The zero-order chi connectivity index (χ0) is 29.6. The van der Waals surface area contributed by atoms with E-state index in [1.807, 2.05) is 46.8 Å². The molecule has 0 saturated heterocycles. The zero-order valence-electron chi connectivity index (χ0n) is 23.9. The number of carbonyl (C=O) groups is 2. The Labute approximate surface area is 243 Å². The van der Waals surface area contributed by atoms with Crippen LogP contribution < -0.4 is 9.62 Å². The van der Waals surface area contributed by atoms with Gasteiger partial charge in [0.05, 0.1) is 10.6 Å². The summed E-state index contributed by atoms with van der Waals surface area (Å²) in [7, 11) is -4.11. The van der Waals surface area contributed by atoms with Gasteiger partial charge in [0.2, 0.25) is 11.8 Å². The molecular formula is C31H38ClN3O4S. The monoisotopic (exact) mass is 583 g/mol. The van der Waals surface area contributed by atoms with Crippen LogP contribution >= 0.6 is 11.6 Å². The molecule has 0 spiro atoms. The van der Waals surface area contributed by atoms with Crippen molar-refractivity contribution >= 4 is 39.1 Å². The van der Waals surface area contributed by atoms with Gasteiger partial charge in [-0.15, -0.1) is 0 Å². The van der Waals surface area contributed by atoms with Crippen molar-refractivity contribution in [2.24, 2.45) is 5.92 Å². The number of anilines is 1. The highest BCUT2D eigenvalue weighted by atomic mass is 35.5. The van der Waals surface area contributed by atoms with E-state index in [2.05, 4.69) is 5.32 Å². The van der Waals surface area contributed by atoms with Crippen molar-refractivity contribution in [3.05, 3.63) is 94.0 Å². The number of nitrogens with one attached hydrogen (secondary N) is 1. The molecule has 0 radical (unpaired) electrons. The van der Waals surface area contributed by atoms with Gasteiger partial charge in [0.25, 0.3) is 10.0 Å². The third kappa shape index (κ3) is 7.86. The molecule has 9 heteroatoms. The first-order chi connectivity index (χ1) is 18.8. The predicted octanol–water partition coefficient (Wildman–Crippen LogP) is 5.65. The smallest absolute Gasteiger partial charge is 0.264 e. The average Bonchev–Trinajstić information content (AvgIpc) is 2.90. The minimum atomic E-state index is -4.11. The molecule has 40 heavy (non-hydrogen) atoms. The van der Waals surface area contributed by atoms with Crippen LogP contribution in [0.4, 0.5) is 5.69 Å². The maximum absolute atomic E-state index is 14.0. The largest absolute Gasteiger partial charge is 0.354 e. The van der Waals surface area contributed by atoms with E-state index in [9.17, 15) is 18.0 Å². The number of hydrogen-bond acceptors (Lipinski definition) is 4. The Morgan fingerprint density at radius 3 is 2.05 bits per heavy atom. The van der Waals surface area contributed by atoms with E-state index < -0.39 is 28.5 Å². The standard InChI is InChI=1S/C31H38ClN3O4S/c1-21(2)18-33-31(37)25(6)34(19-26-10-12-27(32)13-11-26)30(36)20-35(29-16-9-23(4)17-24(29)5)40(38,39)28-14-7-22(3)8-15-28/h7-17,21,25H,18-20H2,1-6H3,(H,33,37)/t25-/m1/s1. The fourth-order valence-corrected chi connectivity index (χ4v) is 5.86. The number of carbonyl (C=O) groups excluding carboxylic acids is 2. The van der Waals surface area contributed by atoms with Crippen molar-refractivity contribution in [1.29, 1.82) is 0 Å². The summed E-state index contributed by atoms with van der Waals surface area (Å²) in [6.45, 7) is 11.3. The first kappa shape index (κ1) is 31.2. The van der Waals surface area contributed by atoms with Crippen LogP contribution in [0.15, 0.2) is 71.6 Å². The Morgan fingerprint density at radius 2 is 1.48 bits per heavy atom. The van der Waals surface area contributed by atoms with Crippen LogP contribution in [0.2, 0.25) is 5.02 Å². The third-order valence-corrected chi connectivity index (χ3v) is 8.65. The van der Waals surface area contributed by atoms with Gasteiger partial charge in [-0.05, 0) is 75.1 Å². The minimum Gasteiger partial charge on any atom is -0.354 e. The Bertz CT molecular complexity index is 1440. The Hall–Kier alpha value is -3.36. The van der Waals surface area contributed by atoms with Crippen LogP contribution in [-0.2, 0) is 26.2 Å². The van der Waals surface area contributed by atoms with Crippen molar-refractivity contribution in [3.8, 4) is 0 Å². The number of aryl methyl sites for hydroxylation is 3. The van der Waals surface area contributed by atoms with Crippen molar-refractivity contribution in [1.82, 2.24) is 10.2 Å². The number of sulfonamides is 1. The highest BCUT2D eigenvalue weighted by molar-refractivity contribution is 7.92. The van der Waals surface area contributed by atoms with Crippen molar-refractivity contribution in [3.63, 3.8) is 0 Å². The minimum absolute atomic E-state index is 0.0813. The predicted molar refractivity (Wildman–Crippen MR) is 161 cm³/mol. The summed E-state index contributed by atoms with van der Waals surface area (Å²) in [6, 6.07) is 18.1. The molecule has 7 nitrogen and oxygen atoms in total. The lowest BCUT2D eigenvalue weighted by Gasteiger charge is -2.32. The summed E-state index contributed by atoms with van der Waals surface area (Å²) in [5.74, 6) is -0.579. The zero-order valence-corrected chi connectivity index (χ0v) is 25.5. The van der Waals surface area contributed by atoms with Crippen LogP contribution in [0.25, 0.3) is 0 Å². The van der Waals surface area contributed by atoms with Gasteiger partial charge in [0, 0.05) is 18.1 Å². The molecule has 3 rings (SSSR count). The van der Waals surface area contributed by atoms with Crippen LogP contribution in [-0.4, -0.2) is 44.3 Å². The molecule has 0 saturated carbocycles. The summed E-state index contributed by atoms with van der Waals surface area (Å²) in [6.07, 6.45) is 0. The van der Waals surface area contributed by atoms with Crippen LogP contribution in [0.5, 0.6) is 0 Å². The highest BCUT2D eigenvalue weighted by Crippen LogP contribution is 2.28. The number of rotatable bonds is 11. The van der Waals surface area contributed by atoms with E-state index in [-0.39, 0.29) is 23.3 Å². The molecular weight excluding hydrogens is 546 g/mol. The number of benzene rings is 3. The lowest BCUT2D eigenvalue weighted by atomic mass is 10.1. The van der Waals surface area contributed by atoms with Crippen LogP contribution in [0, 0.1) is 26.7 Å². The van der Waals surface area contributed by atoms with Gasteiger partial charge in [0.15, 0.2) is 0 Å². The van der Waals surface area contributed by atoms with Gasteiger partial charge < -0.3 is 10.2 Å². The Kier molecular flexibility index (Phi) is 10.4. The number of amides is 2. The van der Waals surface area contributed by atoms with Gasteiger partial charge in [-0.1, -0.05) is 73.0 Å². The van der Waals surface area contributed by atoms with E-state index in [1.54, 1.807) is 61.5 Å². The highest BCUT2D eigenvalue weighted by Gasteiger charge is 2.33. The number of nitrogens with zero attached hydrogens (tertiary/aromatic N) is 2. The molecule has 214 valence electrons. The van der Waals surface area contributed by atoms with Gasteiger partial charge in [-0.3, -0.25) is 13.9 Å². The van der Waals surface area contributed by atoms with E-state index in [0.29, 0.717) is 17.3 Å². The van der Waals surface area contributed by atoms with E-state index >= 15 is 0 Å². The van der Waals surface area contributed by atoms with Gasteiger partial charge >= 0.3 is 0 Å². The first-order valence-electron chi connectivity index (χ1n) is 13.3. The lowest BCUT2D eigenvalue weighted by molar-refractivity contribution is -0.139. The molecule has 1 N–H and O–H groups in total. The van der Waals surface area contributed by atoms with Gasteiger partial charge in [-0.2, -0.15) is 0 Å². The molecule has 3 aromatic carbocycles. The molecule has 1 atom stereocenters. The molecule has 0 heterocycles. The van der Waals surface area contributed by atoms with Crippen LogP contribution in [0.1, 0.15) is 43.0 Å². The normalized spacial score (nSPS) is 12.2. The maximum Gasteiger partial charge on any atom is 0.264 e. The molecule has 2 amide bonds. The quantitative estimate of drug-likeness (QED) is 0.316. The van der Waals surface area contributed by atoms with Crippen molar-refractivity contribution in [2.75, 3.05) is 17.4 Å². The van der Waals surface area contributed by atoms with E-state index in [0.717, 1.165) is 26.6 Å². The summed E-state index contributed by atoms with van der Waals surface area (Å²) >= 11 is 6.06. The summed E-state index contributed by atoms with van der Waals surface area (Å²) in [5.41, 5.74) is 3.78. The van der Waals surface area contributed by atoms with E-state index in [1.165, 1.54) is 4.90 Å². The van der Waals surface area contributed by atoms with Crippen molar-refractivity contribution in [2.45, 2.75) is 59.0 Å². The SMILES string of the molecule is Cc1ccc(S(=O)(=O)N(CC(=O)N(Cc2ccc(Cl)cc2)[C@H](C)C(=O)NCC(C)C)c2ccc(C)cc2C)cc1. The first-order valence-corrected chi connectivity index (χ1v) is 15.1. The molecule has 0 aromatic heterocycles. The molecule has 0 fully saturated rings. The van der Waals surface area contributed by atoms with Gasteiger partial charge in [0.1, 0.15) is 12.6 Å². The number of halogens is 1. The third-order valence-electron chi connectivity index (χ3n) is 6.63. The second-order valence-electron chi connectivity index (χ2n) is 10.6. The molecule has 0 unspecified atom stereocenters. The molecule has 0 aliphatic heterocycles. The molecule has 0 aliphatic carbocycles. The van der Waals surface area contributed by atoms with Crippen molar-refractivity contribution < 1.29 is 18.0 Å². The summed E-state index contributed by atoms with van der Waals surface area (Å²) < 4.78 is 29.1. The summed E-state index contributed by atoms with van der Waals surface area (Å²) in [5, 5.41) is 3.44. The average molecular weight is 584 g/mol. The second-order valence-corrected chi connectivity index (χ2v) is 12.9. The topological polar surface area (TPSA) is 86.8 Å². The Balaban J connectivity index is 2.04. The fraction of sp³-hybridized carbons (Fsp3) is 0.355. The van der Waals surface area contributed by atoms with E-state index in [4.69, 9.17) is 11.6 Å². The lowest BCUT2D eigenvalue weighted by Crippen LogP contribution is -2.51. The molecule has 3 aromatic rings. The summed E-state index contributed by atoms with van der Waals surface area (Å²) in [4.78, 5) is 28.6. The number of hydrogen-bond donors (Lipinski definition) is 1. The molecule has 0 bridgehead atoms.